The van der Waals surface area contributed by atoms with Gasteiger partial charge in [-0.2, -0.15) is 0 Å². The van der Waals surface area contributed by atoms with E-state index in [4.69, 9.17) is 0 Å². The lowest BCUT2D eigenvalue weighted by Gasteiger charge is -2.46. The summed E-state index contributed by atoms with van der Waals surface area (Å²) in [6, 6.07) is 59.4. The molecule has 0 aliphatic carbocycles. The van der Waals surface area contributed by atoms with Crippen LogP contribution in [-0.4, -0.2) is 15.8 Å². The molecule has 0 atom stereocenters. The highest BCUT2D eigenvalue weighted by atomic mass is 15.2. The van der Waals surface area contributed by atoms with Crippen molar-refractivity contribution in [3.63, 3.8) is 0 Å². The molecule has 2 aliphatic rings. The fraction of sp³-hybridized carbons (Fsp3) is 0.366. The van der Waals surface area contributed by atoms with Gasteiger partial charge < -0.3 is 18.9 Å². The highest BCUT2D eigenvalue weighted by Gasteiger charge is 2.47. The molecule has 0 amide bonds. The molecule has 656 valence electrons. The maximum Gasteiger partial charge on any atom is 0.252 e. The number of rotatable bonds is 17. The second-order valence-electron chi connectivity index (χ2n) is 45.1. The molecular formula is C123H141BN4. The highest BCUT2D eigenvalue weighted by Crippen LogP contribution is 2.56. The lowest BCUT2D eigenvalue weighted by molar-refractivity contribution is 0.410. The minimum Gasteiger partial charge on any atom is -0.310 e. The zero-order valence-electron chi connectivity index (χ0n) is 104. The molecule has 2 aromatic heterocycles. The Morgan fingerprint density at radius 2 is 0.539 bits per heavy atom. The van der Waals surface area contributed by atoms with Crippen molar-refractivity contribution < 1.29 is 32.9 Å². The predicted molar refractivity (Wildman–Crippen MR) is 559 cm³/mol. The van der Waals surface area contributed by atoms with Crippen molar-refractivity contribution in [2.45, 2.75) is 244 Å². The molecule has 0 unspecified atom stereocenters. The van der Waals surface area contributed by atoms with E-state index in [0.717, 1.165) is 5.56 Å². The standard InChI is InChI=1S/C123H141BN4/c1-115(2,3)70-79-36-32-40-88(56-79)96-62-85(76-121(19,20)21)63-97(89-41-33-37-80(57-89)71-116(4,5)6)113(96)127-108-68-92(125-104-46-30-28-44-94(104)100-60-83(48-54-106(100)125)74-119(13,14)15)50-52-102(108)124-103-53-51-93(126-105-47-31-29-45-95(105)101-61-84(49-55-107(101)126)75-120(16,17)18)69-109(103)128(111-67-87(78-123(25,26)27)66-110(127)112(111)124)114-98(90-42-34-38-81(58-90)72-117(7,8)9)64-86(77-122(22,23)24)65-99(114)91-43-35-39-82(59-91)73-118(10,11)12/h28-69H,70-78H2,1-27H3/i28D,29D,30D,31D,44D,45D,46D,47D,70D2,71D2,72D2,73D2,74D2,75D2,76D2,77D2. The molecule has 0 radical (unpaired) electrons. The summed E-state index contributed by atoms with van der Waals surface area (Å²) in [5, 5.41) is 0.898. The molecule has 0 spiro atoms. The summed E-state index contributed by atoms with van der Waals surface area (Å²) in [7, 11) is 0. The molecule has 0 saturated carbocycles. The molecule has 4 heterocycles. The van der Waals surface area contributed by atoms with Crippen LogP contribution >= 0.6 is 0 Å². The first-order valence-electron chi connectivity index (χ1n) is 57.5. The van der Waals surface area contributed by atoms with Gasteiger partial charge >= 0.3 is 0 Å². The van der Waals surface area contributed by atoms with E-state index in [1.807, 2.05) is 258 Å². The minimum atomic E-state index is -2.22. The van der Waals surface area contributed by atoms with E-state index in [9.17, 15) is 32.9 Å². The summed E-state index contributed by atoms with van der Waals surface area (Å²) in [5.74, 6) is 0. The van der Waals surface area contributed by atoms with Crippen LogP contribution < -0.4 is 26.2 Å². The Labute approximate surface area is 802 Å². The van der Waals surface area contributed by atoms with E-state index in [2.05, 4.69) is 42.7 Å². The van der Waals surface area contributed by atoms with Crippen LogP contribution in [0.25, 0.3) is 99.5 Å². The van der Waals surface area contributed by atoms with Gasteiger partial charge in [0.15, 0.2) is 0 Å². The number of fused-ring (bicyclic) bond motifs is 10. The van der Waals surface area contributed by atoms with E-state index in [-0.39, 0.29) is 56.1 Å². The molecule has 5 heteroatoms. The van der Waals surface area contributed by atoms with Crippen molar-refractivity contribution in [3.8, 4) is 55.9 Å². The van der Waals surface area contributed by atoms with Crippen molar-refractivity contribution in [2.75, 3.05) is 9.80 Å². The third-order valence-electron chi connectivity index (χ3n) is 22.7. The van der Waals surface area contributed by atoms with Crippen molar-refractivity contribution in [2.24, 2.45) is 48.7 Å². The lowest BCUT2D eigenvalue weighted by atomic mass is 9.33. The quantitative estimate of drug-likeness (QED) is 0.0845. The van der Waals surface area contributed by atoms with Crippen molar-refractivity contribution >= 4 is 101 Å². The normalized spacial score (nSPS) is 17.3. The SMILES string of the molecule is [2H]c1c([2H])c([2H])c2c(c1[2H])c1cc(C([2H])([2H])C(C)(C)C)ccc1n2-c1ccc2c(c1)N(c1c(-c3cccc(C([2H])([2H])C(C)(C)C)c3)cc(C([2H])([2H])C(C)(C)C)cc1-c1cccc(C([2H])([2H])C(C)(C)C)c1)c1cc(CC(C)(C)C)cc3c1B2c1ccc(-n2c4ccc(C([2H])([2H])C(C)(C)C)cc4c4c([2H])c([2H])c([2H])c([2H])c42)cc1N3c1c(-c2cccc(C([2H])([2H])C(C)(C)C)c2)cc(C([2H])([2H])C(C)(C)C)cc1-c1cccc(C([2H])([2H])C(C)(C)C)c1. The van der Waals surface area contributed by atoms with Crippen LogP contribution in [0, 0.1) is 48.7 Å². The van der Waals surface area contributed by atoms with Crippen LogP contribution in [0.2, 0.25) is 0 Å². The summed E-state index contributed by atoms with van der Waals surface area (Å²) in [6.07, 6.45) is -16.3. The molecular weight excluding hydrogens is 1540 g/mol. The number of aromatic nitrogens is 2. The number of hydrogen-bond donors (Lipinski definition) is 0. The number of anilines is 6. The number of para-hydroxylation sites is 2. The number of hydrogen-bond acceptors (Lipinski definition) is 2. The van der Waals surface area contributed by atoms with Crippen LogP contribution in [0.1, 0.15) is 270 Å². The predicted octanol–water partition coefficient (Wildman–Crippen LogP) is 32.9. The van der Waals surface area contributed by atoms with Crippen LogP contribution in [0.5, 0.6) is 0 Å². The molecule has 0 bridgehead atoms. The maximum atomic E-state index is 10.7. The second kappa shape index (κ2) is 32.6. The summed E-state index contributed by atoms with van der Waals surface area (Å²) in [5.41, 5.74) is 3.25. The maximum absolute atomic E-state index is 10.7. The van der Waals surface area contributed by atoms with Gasteiger partial charge in [-0.3, -0.25) is 0 Å². The lowest BCUT2D eigenvalue weighted by Crippen LogP contribution is -2.61. The summed E-state index contributed by atoms with van der Waals surface area (Å²) < 4.78 is 247. The van der Waals surface area contributed by atoms with Gasteiger partial charge in [0.25, 0.3) is 6.71 Å². The third-order valence-corrected chi connectivity index (χ3v) is 22.7. The van der Waals surface area contributed by atoms with Crippen LogP contribution in [0.4, 0.5) is 34.1 Å². The first kappa shape index (κ1) is 64.0. The second-order valence-corrected chi connectivity index (χ2v) is 45.1. The summed E-state index contributed by atoms with van der Waals surface area (Å²) in [4.78, 5) is 4.35. The first-order valence-corrected chi connectivity index (χ1v) is 45.5. The van der Waals surface area contributed by atoms with Gasteiger partial charge in [0, 0.05) is 99.9 Å². The summed E-state index contributed by atoms with van der Waals surface area (Å²) >= 11 is 0. The van der Waals surface area contributed by atoms with E-state index in [1.165, 1.54) is 0 Å². The van der Waals surface area contributed by atoms with Crippen molar-refractivity contribution in [3.05, 3.63) is 305 Å². The average Bonchev–Trinajstić information content (AvgIpc) is 0.797. The first-order chi connectivity index (χ1) is 69.5. The van der Waals surface area contributed by atoms with E-state index >= 15 is 0 Å². The number of nitrogens with zero attached hydrogens (tertiary/aromatic N) is 4. The molecule has 4 nitrogen and oxygen atoms in total. The molecule has 2 aliphatic heterocycles. The molecule has 13 aromatic carbocycles. The Kier molecular flexibility index (Phi) is 16.3. The molecule has 0 saturated heterocycles. The van der Waals surface area contributed by atoms with Gasteiger partial charge in [-0.1, -0.05) is 345 Å². The Balaban J connectivity index is 1.17. The van der Waals surface area contributed by atoms with Crippen molar-refractivity contribution in [1.82, 2.24) is 9.13 Å². The van der Waals surface area contributed by atoms with Crippen LogP contribution in [0.15, 0.2) is 255 Å². The highest BCUT2D eigenvalue weighted by molar-refractivity contribution is 7.00. The molecule has 15 aromatic rings. The smallest absolute Gasteiger partial charge is 0.252 e. The summed E-state index contributed by atoms with van der Waals surface area (Å²) in [6.45, 7) is 49.2. The minimum absolute atomic E-state index is 0.0700. The van der Waals surface area contributed by atoms with Gasteiger partial charge in [-0.25, -0.2) is 0 Å². The van der Waals surface area contributed by atoms with Gasteiger partial charge in [0.1, 0.15) is 0 Å². The zero-order chi connectivity index (χ0) is 113. The van der Waals surface area contributed by atoms with Gasteiger partial charge in [0.2, 0.25) is 0 Å². The Hall–Kier alpha value is -10.9. The topological polar surface area (TPSA) is 16.3 Å². The fourth-order valence-corrected chi connectivity index (χ4v) is 18.9. The fourth-order valence-electron chi connectivity index (χ4n) is 18.9. The molecule has 17 rings (SSSR count). The molecule has 0 N–H and O–H groups in total. The van der Waals surface area contributed by atoms with Crippen LogP contribution in [-0.2, 0) is 57.4 Å². The van der Waals surface area contributed by atoms with E-state index in [0.29, 0.717) is 157 Å². The zero-order valence-corrected chi connectivity index (χ0v) is 80.2. The van der Waals surface area contributed by atoms with Gasteiger partial charge in [-0.05, 0) is 292 Å². The van der Waals surface area contributed by atoms with Gasteiger partial charge in [-0.15, -0.1) is 0 Å². The average molecular weight is 1710 g/mol. The Bertz CT molecular complexity index is 7510. The Morgan fingerprint density at radius 1 is 0.250 bits per heavy atom. The van der Waals surface area contributed by atoms with Crippen molar-refractivity contribution in [1.29, 1.82) is 0 Å². The van der Waals surface area contributed by atoms with E-state index in [1.54, 1.807) is 111 Å². The Morgan fingerprint density at radius 3 is 0.836 bits per heavy atom. The molecule has 128 heavy (non-hydrogen) atoms. The largest absolute Gasteiger partial charge is 0.310 e. The van der Waals surface area contributed by atoms with E-state index < -0.39 is 143 Å². The third kappa shape index (κ3) is 19.1. The number of benzene rings is 13. The monoisotopic (exact) mass is 1710 g/mol. The van der Waals surface area contributed by atoms with Gasteiger partial charge in [0.05, 0.1) is 44.4 Å². The van der Waals surface area contributed by atoms with Crippen LogP contribution in [0.3, 0.4) is 0 Å². The molecule has 0 fully saturated rings.